The predicted octanol–water partition coefficient (Wildman–Crippen LogP) is 2.94. The molecule has 0 fully saturated rings. The molecule has 0 spiro atoms. The number of carbonyl (C=O) groups is 2. The molecule has 0 radical (unpaired) electrons. The van der Waals surface area contributed by atoms with Gasteiger partial charge in [-0.2, -0.15) is 0 Å². The summed E-state index contributed by atoms with van der Waals surface area (Å²) < 4.78 is 10.0. The fourth-order valence-electron chi connectivity index (χ4n) is 1.30. The number of esters is 1. The molecule has 6 nitrogen and oxygen atoms in total. The third kappa shape index (κ3) is 17.0. The number of carbonyl (C=O) groups excluding carboxylic acids is 2. The first-order chi connectivity index (χ1) is 11.4. The van der Waals surface area contributed by atoms with Gasteiger partial charge in [0.05, 0.1) is 6.61 Å². The zero-order chi connectivity index (χ0) is 18.8. The molecule has 0 aliphatic carbocycles. The Bertz CT molecular complexity index is 338. The summed E-state index contributed by atoms with van der Waals surface area (Å²) >= 11 is 0. The first-order valence-electron chi connectivity index (χ1n) is 8.79. The lowest BCUT2D eigenvalue weighted by molar-refractivity contribution is -0.157. The Morgan fingerprint density at radius 2 is 1.46 bits per heavy atom. The highest BCUT2D eigenvalue weighted by Crippen LogP contribution is 1.93. The fourth-order valence-corrected chi connectivity index (χ4v) is 1.30. The van der Waals surface area contributed by atoms with Crippen LogP contribution < -0.4 is 5.32 Å². The van der Waals surface area contributed by atoms with E-state index in [2.05, 4.69) is 20.4 Å². The quantitative estimate of drug-likeness (QED) is 0.246. The summed E-state index contributed by atoms with van der Waals surface area (Å²) in [5.74, 6) is -1.42. The molecule has 0 saturated carbocycles. The van der Waals surface area contributed by atoms with E-state index < -0.39 is 18.1 Å². The van der Waals surface area contributed by atoms with Crippen LogP contribution in [0.25, 0.3) is 0 Å². The molecular formula is C18H35NO5. The Morgan fingerprint density at radius 3 is 1.88 bits per heavy atom. The minimum atomic E-state index is -1.62. The van der Waals surface area contributed by atoms with Gasteiger partial charge in [-0.15, -0.1) is 0 Å². The average Bonchev–Trinajstić information content (AvgIpc) is 2.55. The van der Waals surface area contributed by atoms with Crippen molar-refractivity contribution in [1.29, 1.82) is 0 Å². The van der Waals surface area contributed by atoms with Crippen LogP contribution in [0.1, 0.15) is 66.2 Å². The number of hydrogen-bond donors (Lipinski definition) is 2. The van der Waals surface area contributed by atoms with Crippen LogP contribution in [-0.2, 0) is 19.1 Å². The lowest BCUT2D eigenvalue weighted by Crippen LogP contribution is -2.41. The maximum Gasteiger partial charge on any atom is 0.356 e. The van der Waals surface area contributed by atoms with E-state index >= 15 is 0 Å². The summed E-state index contributed by atoms with van der Waals surface area (Å²) in [6.45, 7) is 13.3. The van der Waals surface area contributed by atoms with Crippen molar-refractivity contribution in [1.82, 2.24) is 5.32 Å². The molecule has 0 heterocycles. The van der Waals surface area contributed by atoms with Crippen LogP contribution in [0.15, 0.2) is 12.2 Å². The fraction of sp³-hybridized carbons (Fsp3) is 0.778. The minimum absolute atomic E-state index is 0.218. The first kappa shape index (κ1) is 24.8. The van der Waals surface area contributed by atoms with Gasteiger partial charge < -0.3 is 19.9 Å². The number of ether oxygens (including phenoxy) is 2. The third-order valence-electron chi connectivity index (χ3n) is 2.91. The molecule has 1 amide bonds. The zero-order valence-corrected chi connectivity index (χ0v) is 15.7. The van der Waals surface area contributed by atoms with Crippen LogP contribution in [0.2, 0.25) is 0 Å². The molecule has 0 aromatic carbocycles. The SMILES string of the molecule is C=C(C)C(=O)NC(O)C(=O)OCCCC.CCCCOCCCC. The largest absolute Gasteiger partial charge is 0.462 e. The van der Waals surface area contributed by atoms with Crippen molar-refractivity contribution in [3.8, 4) is 0 Å². The number of aliphatic hydroxyl groups excluding tert-OH is 1. The van der Waals surface area contributed by atoms with Gasteiger partial charge in [0.15, 0.2) is 0 Å². The van der Waals surface area contributed by atoms with Gasteiger partial charge in [-0.1, -0.05) is 46.6 Å². The van der Waals surface area contributed by atoms with E-state index in [9.17, 15) is 14.7 Å². The second-order valence-electron chi connectivity index (χ2n) is 5.50. The van der Waals surface area contributed by atoms with Gasteiger partial charge in [0.25, 0.3) is 0 Å². The summed E-state index contributed by atoms with van der Waals surface area (Å²) in [4.78, 5) is 22.1. The molecule has 1 unspecified atom stereocenters. The van der Waals surface area contributed by atoms with Gasteiger partial charge in [-0.3, -0.25) is 4.79 Å². The van der Waals surface area contributed by atoms with Crippen molar-refractivity contribution in [3.63, 3.8) is 0 Å². The lowest BCUT2D eigenvalue weighted by atomic mass is 10.3. The van der Waals surface area contributed by atoms with Crippen LogP contribution in [0.5, 0.6) is 0 Å². The Kier molecular flexibility index (Phi) is 18.6. The number of rotatable bonds is 12. The maximum atomic E-state index is 11.1. The second kappa shape index (κ2) is 17.9. The number of amides is 1. The molecule has 2 N–H and O–H groups in total. The average molecular weight is 345 g/mol. The van der Waals surface area contributed by atoms with Gasteiger partial charge in [0.2, 0.25) is 12.1 Å². The molecule has 0 aliphatic heterocycles. The Hall–Kier alpha value is -1.40. The molecule has 0 aromatic heterocycles. The van der Waals surface area contributed by atoms with E-state index in [-0.39, 0.29) is 12.2 Å². The molecule has 1 atom stereocenters. The van der Waals surface area contributed by atoms with Crippen molar-refractivity contribution < 1.29 is 24.2 Å². The summed E-state index contributed by atoms with van der Waals surface area (Å²) in [5, 5.41) is 11.2. The smallest absolute Gasteiger partial charge is 0.356 e. The number of aliphatic hydroxyl groups is 1. The zero-order valence-electron chi connectivity index (χ0n) is 15.7. The highest BCUT2D eigenvalue weighted by Gasteiger charge is 2.18. The molecule has 0 aliphatic rings. The number of nitrogens with one attached hydrogen (secondary N) is 1. The van der Waals surface area contributed by atoms with Crippen LogP contribution in [-0.4, -0.2) is 43.0 Å². The molecule has 6 heteroatoms. The third-order valence-corrected chi connectivity index (χ3v) is 2.91. The number of unbranched alkanes of at least 4 members (excludes halogenated alkanes) is 3. The Balaban J connectivity index is 0. The molecule has 0 aromatic rings. The van der Waals surface area contributed by atoms with Crippen molar-refractivity contribution in [2.45, 2.75) is 72.4 Å². The van der Waals surface area contributed by atoms with Crippen molar-refractivity contribution in [2.75, 3.05) is 19.8 Å². The summed E-state index contributed by atoms with van der Waals surface area (Å²) in [7, 11) is 0. The summed E-state index contributed by atoms with van der Waals surface area (Å²) in [6.07, 6.45) is 4.91. The van der Waals surface area contributed by atoms with E-state index in [4.69, 9.17) is 9.47 Å². The summed E-state index contributed by atoms with van der Waals surface area (Å²) in [5.41, 5.74) is 0.218. The van der Waals surface area contributed by atoms with Crippen molar-refractivity contribution in [2.24, 2.45) is 0 Å². The van der Waals surface area contributed by atoms with Gasteiger partial charge in [-0.05, 0) is 26.2 Å². The van der Waals surface area contributed by atoms with Crippen molar-refractivity contribution in [3.05, 3.63) is 12.2 Å². The normalized spacial score (nSPS) is 11.0. The van der Waals surface area contributed by atoms with Gasteiger partial charge in [0.1, 0.15) is 0 Å². The molecule has 0 saturated heterocycles. The van der Waals surface area contributed by atoms with E-state index in [0.717, 1.165) is 26.1 Å². The van der Waals surface area contributed by atoms with E-state index in [1.54, 1.807) is 0 Å². The van der Waals surface area contributed by atoms with Crippen LogP contribution >= 0.6 is 0 Å². The van der Waals surface area contributed by atoms with E-state index in [1.165, 1.54) is 32.6 Å². The molecule has 142 valence electrons. The van der Waals surface area contributed by atoms with Crippen LogP contribution in [0.3, 0.4) is 0 Å². The van der Waals surface area contributed by atoms with E-state index in [1.807, 2.05) is 12.2 Å². The topological polar surface area (TPSA) is 84.9 Å². The molecule has 24 heavy (non-hydrogen) atoms. The second-order valence-corrected chi connectivity index (χ2v) is 5.50. The van der Waals surface area contributed by atoms with Crippen LogP contribution in [0, 0.1) is 0 Å². The Labute approximate surface area is 146 Å². The van der Waals surface area contributed by atoms with Gasteiger partial charge >= 0.3 is 5.97 Å². The Morgan fingerprint density at radius 1 is 1.00 bits per heavy atom. The highest BCUT2D eigenvalue weighted by atomic mass is 16.5. The standard InChI is InChI=1S/C10H17NO4.C8H18O/c1-4-5-6-15-10(14)9(13)11-8(12)7(2)3;1-3-5-7-9-8-6-4-2/h9,13H,2,4-6H2,1,3H3,(H,11,12);3-8H2,1-2H3. The van der Waals surface area contributed by atoms with Gasteiger partial charge in [0, 0.05) is 18.8 Å². The maximum absolute atomic E-state index is 11.1. The molecule has 0 rings (SSSR count). The van der Waals surface area contributed by atoms with E-state index in [0.29, 0.717) is 0 Å². The monoisotopic (exact) mass is 345 g/mol. The van der Waals surface area contributed by atoms with Gasteiger partial charge in [-0.25, -0.2) is 4.79 Å². The highest BCUT2D eigenvalue weighted by molar-refractivity contribution is 5.94. The summed E-state index contributed by atoms with van der Waals surface area (Å²) in [6, 6.07) is 0. The van der Waals surface area contributed by atoms with Crippen molar-refractivity contribution >= 4 is 11.9 Å². The minimum Gasteiger partial charge on any atom is -0.462 e. The molecular weight excluding hydrogens is 310 g/mol. The lowest BCUT2D eigenvalue weighted by Gasteiger charge is -2.11. The predicted molar refractivity (Wildman–Crippen MR) is 95.5 cm³/mol. The number of hydrogen-bond acceptors (Lipinski definition) is 5. The molecule has 0 bridgehead atoms. The first-order valence-corrected chi connectivity index (χ1v) is 8.79. The van der Waals surface area contributed by atoms with Crippen LogP contribution in [0.4, 0.5) is 0 Å².